The van der Waals surface area contributed by atoms with Crippen molar-refractivity contribution < 1.29 is 41.4 Å². The number of benzene rings is 1. The van der Waals surface area contributed by atoms with Gasteiger partial charge in [-0.1, -0.05) is 0 Å². The molecule has 2 aliphatic heterocycles. The SMILES string of the molecule is O=C(NCc1c(F)ccc2c1CCO2)C1(F)CNC1.O=C(O)C(F)(F)F. The van der Waals surface area contributed by atoms with E-state index in [-0.39, 0.29) is 19.6 Å². The zero-order valence-corrected chi connectivity index (χ0v) is 13.3. The summed E-state index contributed by atoms with van der Waals surface area (Å²) >= 11 is 0. The minimum atomic E-state index is -5.08. The summed E-state index contributed by atoms with van der Waals surface area (Å²) in [5, 5.41) is 12.3. The average molecular weight is 382 g/mol. The minimum Gasteiger partial charge on any atom is -0.493 e. The highest BCUT2D eigenvalue weighted by atomic mass is 19.4. The molecule has 0 aliphatic carbocycles. The fraction of sp³-hybridized carbons (Fsp3) is 0.467. The van der Waals surface area contributed by atoms with Crippen LogP contribution in [-0.4, -0.2) is 48.5 Å². The number of carbonyl (C=O) groups is 2. The second kappa shape index (κ2) is 7.44. The number of nitrogens with one attached hydrogen (secondary N) is 2. The van der Waals surface area contributed by atoms with Gasteiger partial charge in [0, 0.05) is 37.2 Å². The number of hydrogen-bond acceptors (Lipinski definition) is 4. The molecule has 0 radical (unpaired) electrons. The monoisotopic (exact) mass is 382 g/mol. The van der Waals surface area contributed by atoms with E-state index in [9.17, 15) is 26.7 Å². The van der Waals surface area contributed by atoms with E-state index in [1.165, 1.54) is 6.07 Å². The molecule has 6 nitrogen and oxygen atoms in total. The Morgan fingerprint density at radius 1 is 1.31 bits per heavy atom. The zero-order chi connectivity index (χ0) is 19.5. The molecule has 1 amide bonds. The molecule has 3 rings (SSSR count). The van der Waals surface area contributed by atoms with Crippen LogP contribution in [-0.2, 0) is 22.6 Å². The van der Waals surface area contributed by atoms with Gasteiger partial charge in [-0.2, -0.15) is 13.2 Å². The highest BCUT2D eigenvalue weighted by molar-refractivity contribution is 5.86. The van der Waals surface area contributed by atoms with Crippen LogP contribution in [0.1, 0.15) is 11.1 Å². The number of carboxylic acids is 1. The first kappa shape index (κ1) is 19.9. The van der Waals surface area contributed by atoms with Crippen LogP contribution >= 0.6 is 0 Å². The summed E-state index contributed by atoms with van der Waals surface area (Å²) in [7, 11) is 0. The standard InChI is InChI=1S/C13H14F2N2O2.C2HF3O2/c14-10-1-2-11-8(3-4-19-11)9(10)5-17-12(18)13(15)6-16-7-13;3-2(4,5)1(6)7/h1-2,16H,3-7H2,(H,17,18);(H,6,7). The van der Waals surface area contributed by atoms with Crippen molar-refractivity contribution in [3.63, 3.8) is 0 Å². The number of aliphatic carboxylic acids is 1. The molecule has 2 aliphatic rings. The van der Waals surface area contributed by atoms with Crippen molar-refractivity contribution in [2.45, 2.75) is 24.8 Å². The van der Waals surface area contributed by atoms with Gasteiger partial charge in [-0.3, -0.25) is 4.79 Å². The lowest BCUT2D eigenvalue weighted by Crippen LogP contribution is -2.64. The van der Waals surface area contributed by atoms with Crippen molar-refractivity contribution in [2.75, 3.05) is 19.7 Å². The maximum atomic E-state index is 13.8. The summed E-state index contributed by atoms with van der Waals surface area (Å²) in [4.78, 5) is 20.5. The van der Waals surface area contributed by atoms with E-state index in [0.29, 0.717) is 24.3 Å². The second-order valence-electron chi connectivity index (χ2n) is 5.66. The minimum absolute atomic E-state index is 0.0110. The van der Waals surface area contributed by atoms with Gasteiger partial charge in [0.1, 0.15) is 11.6 Å². The van der Waals surface area contributed by atoms with E-state index in [0.717, 1.165) is 5.56 Å². The van der Waals surface area contributed by atoms with Crippen LogP contribution in [0.5, 0.6) is 5.75 Å². The summed E-state index contributed by atoms with van der Waals surface area (Å²) in [6, 6.07) is 2.89. The van der Waals surface area contributed by atoms with E-state index in [2.05, 4.69) is 10.6 Å². The predicted molar refractivity (Wildman–Crippen MR) is 77.8 cm³/mol. The van der Waals surface area contributed by atoms with Gasteiger partial charge in [-0.05, 0) is 12.1 Å². The van der Waals surface area contributed by atoms with Gasteiger partial charge >= 0.3 is 12.1 Å². The Balaban J connectivity index is 0.000000298. The summed E-state index contributed by atoms with van der Waals surface area (Å²) < 4.78 is 64.6. The van der Waals surface area contributed by atoms with Gasteiger partial charge < -0.3 is 20.5 Å². The normalized spacial score (nSPS) is 17.1. The van der Waals surface area contributed by atoms with Crippen LogP contribution in [0, 0.1) is 5.82 Å². The molecule has 0 unspecified atom stereocenters. The molecule has 0 aromatic heterocycles. The first-order valence-electron chi connectivity index (χ1n) is 7.46. The quantitative estimate of drug-likeness (QED) is 0.687. The van der Waals surface area contributed by atoms with Gasteiger partial charge in [0.15, 0.2) is 0 Å². The van der Waals surface area contributed by atoms with Crippen LogP contribution in [0.25, 0.3) is 0 Å². The second-order valence-corrected chi connectivity index (χ2v) is 5.66. The predicted octanol–water partition coefficient (Wildman–Crippen LogP) is 1.32. The zero-order valence-electron chi connectivity index (χ0n) is 13.3. The highest BCUT2D eigenvalue weighted by Gasteiger charge is 2.44. The molecule has 1 fully saturated rings. The van der Waals surface area contributed by atoms with Crippen LogP contribution in [0.15, 0.2) is 12.1 Å². The van der Waals surface area contributed by atoms with Crippen LogP contribution in [0.4, 0.5) is 22.0 Å². The summed E-state index contributed by atoms with van der Waals surface area (Å²) in [5.74, 6) is -3.20. The van der Waals surface area contributed by atoms with Gasteiger partial charge in [-0.25, -0.2) is 13.6 Å². The molecule has 0 bridgehead atoms. The summed E-state index contributed by atoms with van der Waals surface area (Å²) in [5.41, 5.74) is -0.704. The van der Waals surface area contributed by atoms with Crippen molar-refractivity contribution in [1.29, 1.82) is 0 Å². The van der Waals surface area contributed by atoms with Crippen LogP contribution in [0.3, 0.4) is 0 Å². The number of amides is 1. The maximum absolute atomic E-state index is 13.8. The van der Waals surface area contributed by atoms with Crippen LogP contribution in [0.2, 0.25) is 0 Å². The molecule has 1 saturated heterocycles. The lowest BCUT2D eigenvalue weighted by Gasteiger charge is -2.33. The van der Waals surface area contributed by atoms with E-state index in [1.54, 1.807) is 6.07 Å². The first-order chi connectivity index (χ1) is 12.0. The molecule has 0 atom stereocenters. The average Bonchev–Trinajstić information content (AvgIpc) is 2.99. The Morgan fingerprint density at radius 2 is 1.92 bits per heavy atom. The number of fused-ring (bicyclic) bond motifs is 1. The number of carboxylic acid groups (broad SMARTS) is 1. The third-order valence-electron chi connectivity index (χ3n) is 3.83. The molecule has 2 heterocycles. The Bertz CT molecular complexity index is 704. The molecule has 0 saturated carbocycles. The number of carbonyl (C=O) groups excluding carboxylic acids is 1. The van der Waals surface area contributed by atoms with Crippen molar-refractivity contribution in [2.24, 2.45) is 0 Å². The largest absolute Gasteiger partial charge is 0.493 e. The Morgan fingerprint density at radius 3 is 2.42 bits per heavy atom. The summed E-state index contributed by atoms with van der Waals surface area (Å²) in [6.45, 7) is 0.522. The number of halogens is 5. The number of ether oxygens (including phenoxy) is 1. The van der Waals surface area contributed by atoms with Crippen molar-refractivity contribution >= 4 is 11.9 Å². The molecule has 3 N–H and O–H groups in total. The van der Waals surface area contributed by atoms with Gasteiger partial charge in [-0.15, -0.1) is 0 Å². The molecule has 11 heteroatoms. The van der Waals surface area contributed by atoms with Crippen molar-refractivity contribution in [3.8, 4) is 5.75 Å². The molecule has 1 aromatic rings. The molecule has 1 aromatic carbocycles. The highest BCUT2D eigenvalue weighted by Crippen LogP contribution is 2.30. The molecular weight excluding hydrogens is 367 g/mol. The van der Waals surface area contributed by atoms with E-state index >= 15 is 0 Å². The van der Waals surface area contributed by atoms with Gasteiger partial charge in [0.2, 0.25) is 5.67 Å². The van der Waals surface area contributed by atoms with Gasteiger partial charge in [0.25, 0.3) is 5.91 Å². The van der Waals surface area contributed by atoms with E-state index in [4.69, 9.17) is 14.6 Å². The van der Waals surface area contributed by atoms with E-state index < -0.39 is 29.5 Å². The van der Waals surface area contributed by atoms with Crippen molar-refractivity contribution in [1.82, 2.24) is 10.6 Å². The van der Waals surface area contributed by atoms with Crippen molar-refractivity contribution in [3.05, 3.63) is 29.1 Å². The smallest absolute Gasteiger partial charge is 0.490 e. The number of rotatable bonds is 3. The third-order valence-corrected chi connectivity index (χ3v) is 3.83. The fourth-order valence-electron chi connectivity index (χ4n) is 2.34. The summed E-state index contributed by atoms with van der Waals surface area (Å²) in [6.07, 6.45) is -4.47. The number of hydrogen-bond donors (Lipinski definition) is 3. The Kier molecular flexibility index (Phi) is 5.69. The lowest BCUT2D eigenvalue weighted by molar-refractivity contribution is -0.192. The molecule has 0 spiro atoms. The molecule has 26 heavy (non-hydrogen) atoms. The lowest BCUT2D eigenvalue weighted by atomic mass is 9.98. The Labute approximate surface area is 144 Å². The fourth-order valence-corrected chi connectivity index (χ4v) is 2.34. The Hall–Kier alpha value is -2.43. The van der Waals surface area contributed by atoms with Crippen LogP contribution < -0.4 is 15.4 Å². The molecule has 144 valence electrons. The maximum Gasteiger partial charge on any atom is 0.490 e. The first-order valence-corrected chi connectivity index (χ1v) is 7.46. The number of alkyl halides is 4. The van der Waals surface area contributed by atoms with Gasteiger partial charge in [0.05, 0.1) is 6.61 Å². The van der Waals surface area contributed by atoms with E-state index in [1.807, 2.05) is 0 Å². The topological polar surface area (TPSA) is 87.7 Å². The third kappa shape index (κ3) is 4.40. The molecular formula is C15H15F5N2O4.